The summed E-state index contributed by atoms with van der Waals surface area (Å²) in [5, 5.41) is 9.65. The number of aliphatic hydroxyl groups is 1. The molecule has 0 spiro atoms. The topological polar surface area (TPSA) is 64.7 Å². The highest BCUT2D eigenvalue weighted by Gasteiger charge is 2.23. The van der Waals surface area contributed by atoms with E-state index in [0.717, 1.165) is 0 Å². The molecule has 0 amide bonds. The Labute approximate surface area is 101 Å². The van der Waals surface area contributed by atoms with Crippen LogP contribution in [0.25, 0.3) is 0 Å². The summed E-state index contributed by atoms with van der Waals surface area (Å²) in [4.78, 5) is 0. The molecule has 1 atom stereocenters. The van der Waals surface area contributed by atoms with Crippen LogP contribution in [-0.2, 0) is 0 Å². The maximum absolute atomic E-state index is 13.8. The van der Waals surface area contributed by atoms with Gasteiger partial charge in [-0.15, -0.1) is 0 Å². The lowest BCUT2D eigenvalue weighted by atomic mass is 10.1. The molecular weight excluding hydrogens is 281 g/mol. The van der Waals surface area contributed by atoms with Crippen molar-refractivity contribution >= 4 is 15.9 Å². The Balaban J connectivity index is 3.46. The fraction of sp³-hybridized carbons (Fsp3) is 0.400. The molecule has 0 aliphatic rings. The van der Waals surface area contributed by atoms with Crippen molar-refractivity contribution in [1.82, 2.24) is 0 Å². The van der Waals surface area contributed by atoms with Gasteiger partial charge in [0.25, 0.3) is 0 Å². The van der Waals surface area contributed by atoms with Gasteiger partial charge in [0.05, 0.1) is 30.4 Å². The molecule has 16 heavy (non-hydrogen) atoms. The first-order valence-electron chi connectivity index (χ1n) is 4.54. The predicted molar refractivity (Wildman–Crippen MR) is 61.2 cm³/mol. The predicted octanol–water partition coefficient (Wildman–Crippen LogP) is 1.60. The number of nitrogens with two attached hydrogens (primary N) is 1. The number of ether oxygens (including phenoxy) is 2. The van der Waals surface area contributed by atoms with Crippen LogP contribution in [0.1, 0.15) is 11.7 Å². The monoisotopic (exact) mass is 293 g/mol. The maximum atomic E-state index is 13.8. The van der Waals surface area contributed by atoms with Gasteiger partial charge >= 0.3 is 0 Å². The number of rotatable bonds is 4. The van der Waals surface area contributed by atoms with Crippen LogP contribution >= 0.6 is 15.9 Å². The van der Waals surface area contributed by atoms with Crippen molar-refractivity contribution in [3.05, 3.63) is 21.9 Å². The van der Waals surface area contributed by atoms with Gasteiger partial charge in [-0.2, -0.15) is 0 Å². The summed E-state index contributed by atoms with van der Waals surface area (Å²) in [5.41, 5.74) is 5.31. The van der Waals surface area contributed by atoms with Crippen molar-refractivity contribution in [3.8, 4) is 11.5 Å². The third kappa shape index (κ3) is 2.28. The standard InChI is InChI=1S/C10H13BrFNO3/c1-15-7-3-5(11)9(12)8(6(14)4-13)10(7)16-2/h3,6,14H,4,13H2,1-2H3. The molecule has 1 aromatic carbocycles. The maximum Gasteiger partial charge on any atom is 0.169 e. The van der Waals surface area contributed by atoms with Crippen molar-refractivity contribution in [2.75, 3.05) is 20.8 Å². The molecule has 0 saturated carbocycles. The average Bonchev–Trinajstić information content (AvgIpc) is 2.30. The fourth-order valence-electron chi connectivity index (χ4n) is 1.38. The van der Waals surface area contributed by atoms with Crippen molar-refractivity contribution in [3.63, 3.8) is 0 Å². The van der Waals surface area contributed by atoms with Crippen LogP contribution in [0.15, 0.2) is 10.5 Å². The van der Waals surface area contributed by atoms with Crippen LogP contribution < -0.4 is 15.2 Å². The van der Waals surface area contributed by atoms with E-state index in [0.29, 0.717) is 5.75 Å². The number of benzene rings is 1. The van der Waals surface area contributed by atoms with Crippen LogP contribution in [0.2, 0.25) is 0 Å². The Bertz CT molecular complexity index is 387. The molecule has 1 aromatic rings. The Kier molecular flexibility index (Phi) is 4.52. The highest BCUT2D eigenvalue weighted by Crippen LogP contribution is 2.40. The van der Waals surface area contributed by atoms with Crippen LogP contribution in [-0.4, -0.2) is 25.9 Å². The number of halogens is 2. The van der Waals surface area contributed by atoms with E-state index in [-0.39, 0.29) is 22.3 Å². The normalized spacial score (nSPS) is 12.4. The van der Waals surface area contributed by atoms with Crippen LogP contribution in [0.3, 0.4) is 0 Å². The lowest BCUT2D eigenvalue weighted by molar-refractivity contribution is 0.175. The molecule has 0 radical (unpaired) electrons. The molecule has 0 heterocycles. The molecule has 90 valence electrons. The lowest BCUT2D eigenvalue weighted by Crippen LogP contribution is -2.15. The molecule has 0 fully saturated rings. The van der Waals surface area contributed by atoms with Crippen molar-refractivity contribution in [2.24, 2.45) is 5.73 Å². The van der Waals surface area contributed by atoms with E-state index >= 15 is 0 Å². The molecule has 6 heteroatoms. The molecule has 3 N–H and O–H groups in total. The molecule has 1 unspecified atom stereocenters. The van der Waals surface area contributed by atoms with Gasteiger partial charge in [0.2, 0.25) is 0 Å². The van der Waals surface area contributed by atoms with Gasteiger partial charge in [-0.05, 0) is 15.9 Å². The van der Waals surface area contributed by atoms with Gasteiger partial charge in [-0.3, -0.25) is 0 Å². The quantitative estimate of drug-likeness (QED) is 0.885. The van der Waals surface area contributed by atoms with E-state index in [1.165, 1.54) is 20.3 Å². The first-order valence-corrected chi connectivity index (χ1v) is 5.34. The van der Waals surface area contributed by atoms with E-state index in [9.17, 15) is 9.50 Å². The molecular formula is C10H13BrFNO3. The minimum atomic E-state index is -1.14. The number of hydrogen-bond acceptors (Lipinski definition) is 4. The van der Waals surface area contributed by atoms with E-state index in [4.69, 9.17) is 15.2 Å². The number of hydrogen-bond donors (Lipinski definition) is 2. The molecule has 1 rings (SSSR count). The summed E-state index contributed by atoms with van der Waals surface area (Å²) in [5.74, 6) is -0.116. The van der Waals surface area contributed by atoms with Gasteiger partial charge in [-0.1, -0.05) is 0 Å². The Morgan fingerprint density at radius 3 is 2.56 bits per heavy atom. The van der Waals surface area contributed by atoms with E-state index in [2.05, 4.69) is 15.9 Å². The molecule has 0 aliphatic carbocycles. The minimum absolute atomic E-state index is 0.00350. The van der Waals surface area contributed by atoms with Crippen molar-refractivity contribution < 1.29 is 19.0 Å². The first-order chi connectivity index (χ1) is 7.56. The summed E-state index contributed by atoms with van der Waals surface area (Å²) in [7, 11) is 2.80. The molecule has 4 nitrogen and oxygen atoms in total. The second-order valence-corrected chi connectivity index (χ2v) is 3.93. The summed E-state index contributed by atoms with van der Waals surface area (Å²) >= 11 is 3.04. The van der Waals surface area contributed by atoms with Gasteiger partial charge in [-0.25, -0.2) is 4.39 Å². The first kappa shape index (κ1) is 13.2. The largest absolute Gasteiger partial charge is 0.493 e. The molecule has 0 aromatic heterocycles. The van der Waals surface area contributed by atoms with Crippen LogP contribution in [0.4, 0.5) is 4.39 Å². The lowest BCUT2D eigenvalue weighted by Gasteiger charge is -2.17. The van der Waals surface area contributed by atoms with Crippen LogP contribution in [0, 0.1) is 5.82 Å². The third-order valence-electron chi connectivity index (χ3n) is 2.15. The minimum Gasteiger partial charge on any atom is -0.493 e. The number of aliphatic hydroxyl groups excluding tert-OH is 1. The number of methoxy groups -OCH3 is 2. The molecule has 0 aliphatic heterocycles. The van der Waals surface area contributed by atoms with Gasteiger partial charge in [0.1, 0.15) is 5.82 Å². The highest BCUT2D eigenvalue weighted by molar-refractivity contribution is 9.10. The fourth-order valence-corrected chi connectivity index (χ4v) is 1.80. The van der Waals surface area contributed by atoms with Crippen molar-refractivity contribution in [2.45, 2.75) is 6.10 Å². The molecule has 0 bridgehead atoms. The zero-order chi connectivity index (χ0) is 12.3. The zero-order valence-electron chi connectivity index (χ0n) is 8.96. The van der Waals surface area contributed by atoms with E-state index in [1.807, 2.05) is 0 Å². The molecule has 0 saturated heterocycles. The van der Waals surface area contributed by atoms with Gasteiger partial charge in [0, 0.05) is 12.6 Å². The van der Waals surface area contributed by atoms with E-state index in [1.54, 1.807) is 0 Å². The zero-order valence-corrected chi connectivity index (χ0v) is 10.5. The Hall–Kier alpha value is -0.850. The Morgan fingerprint density at radius 1 is 1.50 bits per heavy atom. The highest BCUT2D eigenvalue weighted by atomic mass is 79.9. The Morgan fingerprint density at radius 2 is 2.12 bits per heavy atom. The van der Waals surface area contributed by atoms with Crippen LogP contribution in [0.5, 0.6) is 11.5 Å². The van der Waals surface area contributed by atoms with Gasteiger partial charge in [0.15, 0.2) is 11.5 Å². The van der Waals surface area contributed by atoms with Crippen molar-refractivity contribution in [1.29, 1.82) is 0 Å². The summed E-state index contributed by atoms with van der Waals surface area (Å²) < 4.78 is 24.1. The summed E-state index contributed by atoms with van der Waals surface area (Å²) in [6.45, 7) is -0.104. The second kappa shape index (κ2) is 5.47. The van der Waals surface area contributed by atoms with Gasteiger partial charge < -0.3 is 20.3 Å². The summed E-state index contributed by atoms with van der Waals surface area (Å²) in [6.07, 6.45) is -1.14. The SMILES string of the molecule is COc1cc(Br)c(F)c(C(O)CN)c1OC. The smallest absolute Gasteiger partial charge is 0.169 e. The average molecular weight is 294 g/mol. The summed E-state index contributed by atoms with van der Waals surface area (Å²) in [6, 6.07) is 1.43. The van der Waals surface area contributed by atoms with E-state index < -0.39 is 11.9 Å². The second-order valence-electron chi connectivity index (χ2n) is 3.07. The third-order valence-corrected chi connectivity index (χ3v) is 2.73.